The Morgan fingerprint density at radius 1 is 0.943 bits per heavy atom. The molecule has 0 atom stereocenters. The van der Waals surface area contributed by atoms with Crippen molar-refractivity contribution in [2.24, 2.45) is 0 Å². The van der Waals surface area contributed by atoms with Crippen molar-refractivity contribution in [2.45, 2.75) is 6.18 Å². The van der Waals surface area contributed by atoms with Gasteiger partial charge in [-0.05, 0) is 41.5 Å². The smallest absolute Gasteiger partial charge is 0.339 e. The number of piperazine rings is 1. The molecule has 0 saturated carbocycles. The highest BCUT2D eigenvalue weighted by molar-refractivity contribution is 5.95. The summed E-state index contributed by atoms with van der Waals surface area (Å²) in [5, 5.41) is 0.464. The number of nitrogens with zero attached hydrogens (tertiary/aromatic N) is 4. The van der Waals surface area contributed by atoms with Gasteiger partial charge in [-0.1, -0.05) is 24.3 Å². The number of amides is 1. The summed E-state index contributed by atoms with van der Waals surface area (Å²) in [5.74, 6) is 0.275. The Morgan fingerprint density at radius 3 is 2.40 bits per heavy atom. The number of aromatic nitrogens is 3. The fourth-order valence-corrected chi connectivity index (χ4v) is 4.11. The van der Waals surface area contributed by atoms with Crippen LogP contribution in [-0.4, -0.2) is 51.9 Å². The van der Waals surface area contributed by atoms with E-state index >= 15 is 0 Å². The molecule has 0 spiro atoms. The maximum absolute atomic E-state index is 13.0. The second-order valence-electron chi connectivity index (χ2n) is 8.22. The van der Waals surface area contributed by atoms with E-state index in [0.717, 1.165) is 12.1 Å². The number of pyridine rings is 1. The topological polar surface area (TPSA) is 82.2 Å². The number of anilines is 1. The number of hydrogen-bond donors (Lipinski definition) is 1. The van der Waals surface area contributed by atoms with Crippen LogP contribution in [0.1, 0.15) is 15.9 Å². The van der Waals surface area contributed by atoms with Gasteiger partial charge >= 0.3 is 6.18 Å². The molecule has 0 bridgehead atoms. The first-order valence-corrected chi connectivity index (χ1v) is 11.0. The summed E-state index contributed by atoms with van der Waals surface area (Å²) in [6.45, 7) is 1.84. The number of aromatic amines is 1. The first kappa shape index (κ1) is 22.6. The van der Waals surface area contributed by atoms with E-state index in [0.29, 0.717) is 59.7 Å². The molecule has 35 heavy (non-hydrogen) atoms. The predicted octanol–water partition coefficient (Wildman–Crippen LogP) is 3.97. The summed E-state index contributed by atoms with van der Waals surface area (Å²) in [5.41, 5.74) is 1.03. The third-order valence-electron chi connectivity index (χ3n) is 6.02. The maximum Gasteiger partial charge on any atom is 0.416 e. The van der Waals surface area contributed by atoms with Gasteiger partial charge in [0.15, 0.2) is 0 Å². The Bertz CT molecular complexity index is 1440. The molecule has 0 unspecified atom stereocenters. The van der Waals surface area contributed by atoms with Crippen molar-refractivity contribution in [1.29, 1.82) is 0 Å². The number of fused-ring (bicyclic) bond motifs is 1. The Balaban J connectivity index is 1.26. The van der Waals surface area contributed by atoms with Crippen LogP contribution in [0.3, 0.4) is 0 Å². The van der Waals surface area contributed by atoms with Crippen LogP contribution in [0.2, 0.25) is 0 Å². The molecule has 1 aliphatic rings. The summed E-state index contributed by atoms with van der Waals surface area (Å²) in [6.07, 6.45) is -1.34. The number of carbonyl (C=O) groups is 1. The van der Waals surface area contributed by atoms with Crippen molar-refractivity contribution in [3.8, 4) is 11.1 Å². The number of H-pyrrole nitrogens is 1. The minimum Gasteiger partial charge on any atom is -0.339 e. The van der Waals surface area contributed by atoms with Crippen LogP contribution in [0.25, 0.3) is 22.0 Å². The molecule has 1 saturated heterocycles. The summed E-state index contributed by atoms with van der Waals surface area (Å²) in [6, 6.07) is 13.3. The van der Waals surface area contributed by atoms with E-state index < -0.39 is 11.7 Å². The summed E-state index contributed by atoms with van der Waals surface area (Å²) < 4.78 is 39.0. The van der Waals surface area contributed by atoms with Gasteiger partial charge in [-0.25, -0.2) is 4.98 Å². The highest BCUT2D eigenvalue weighted by Gasteiger charge is 2.30. The molecule has 1 aliphatic heterocycles. The van der Waals surface area contributed by atoms with Crippen LogP contribution in [-0.2, 0) is 6.18 Å². The monoisotopic (exact) mass is 479 g/mol. The molecule has 1 N–H and O–H groups in total. The normalized spacial score (nSPS) is 14.4. The van der Waals surface area contributed by atoms with E-state index in [4.69, 9.17) is 0 Å². The van der Waals surface area contributed by atoms with Crippen molar-refractivity contribution in [3.05, 3.63) is 88.5 Å². The number of carbonyl (C=O) groups excluding carboxylic acids is 1. The molecule has 4 aromatic rings. The number of rotatable bonds is 3. The third-order valence-corrected chi connectivity index (χ3v) is 6.02. The largest absolute Gasteiger partial charge is 0.416 e. The van der Waals surface area contributed by atoms with E-state index in [1.807, 2.05) is 4.90 Å². The van der Waals surface area contributed by atoms with Crippen molar-refractivity contribution >= 4 is 22.8 Å². The van der Waals surface area contributed by atoms with Gasteiger partial charge in [-0.15, -0.1) is 0 Å². The molecular weight excluding hydrogens is 459 g/mol. The van der Waals surface area contributed by atoms with Crippen LogP contribution in [0, 0.1) is 0 Å². The average molecular weight is 479 g/mol. The molecule has 1 amide bonds. The predicted molar refractivity (Wildman–Crippen MR) is 125 cm³/mol. The summed E-state index contributed by atoms with van der Waals surface area (Å²) in [4.78, 5) is 40.2. The number of benzene rings is 2. The standard InChI is InChI=1S/C25H20F3N5O2/c26-25(27,28)19-3-1-2-18(14-19)16-4-6-17(7-5-16)23(35)32-10-12-33(13-11-32)24-30-21-15-29-9-8-20(21)22(34)31-24/h1-9,14-15H,10-13H2,(H,30,31,34). The van der Waals surface area contributed by atoms with Gasteiger partial charge in [-0.3, -0.25) is 19.6 Å². The fraction of sp³-hybridized carbons (Fsp3) is 0.200. The molecular formula is C25H20F3N5O2. The number of hydrogen-bond acceptors (Lipinski definition) is 5. The Hall–Kier alpha value is -4.21. The third kappa shape index (κ3) is 4.59. The Labute approximate surface area is 197 Å². The van der Waals surface area contributed by atoms with Gasteiger partial charge < -0.3 is 9.80 Å². The van der Waals surface area contributed by atoms with Crippen molar-refractivity contribution in [1.82, 2.24) is 19.9 Å². The summed E-state index contributed by atoms with van der Waals surface area (Å²) in [7, 11) is 0. The van der Waals surface area contributed by atoms with Crippen molar-refractivity contribution < 1.29 is 18.0 Å². The van der Waals surface area contributed by atoms with Gasteiger partial charge in [0.2, 0.25) is 5.95 Å². The maximum atomic E-state index is 13.0. The lowest BCUT2D eigenvalue weighted by Gasteiger charge is -2.35. The van der Waals surface area contributed by atoms with Crippen LogP contribution >= 0.6 is 0 Å². The van der Waals surface area contributed by atoms with Gasteiger partial charge in [0.25, 0.3) is 11.5 Å². The molecule has 3 heterocycles. The summed E-state index contributed by atoms with van der Waals surface area (Å²) >= 11 is 0. The van der Waals surface area contributed by atoms with Crippen molar-refractivity contribution in [3.63, 3.8) is 0 Å². The van der Waals surface area contributed by atoms with Crippen LogP contribution in [0.4, 0.5) is 19.1 Å². The average Bonchev–Trinajstić information content (AvgIpc) is 2.88. The highest BCUT2D eigenvalue weighted by atomic mass is 19.4. The fourth-order valence-electron chi connectivity index (χ4n) is 4.11. The first-order chi connectivity index (χ1) is 16.8. The van der Waals surface area contributed by atoms with Gasteiger partial charge in [0, 0.05) is 37.9 Å². The Kier molecular flexibility index (Phi) is 5.72. The second kappa shape index (κ2) is 8.86. The zero-order valence-electron chi connectivity index (χ0n) is 18.4. The molecule has 2 aromatic heterocycles. The highest BCUT2D eigenvalue weighted by Crippen LogP contribution is 2.32. The van der Waals surface area contributed by atoms with Gasteiger partial charge in [-0.2, -0.15) is 13.2 Å². The van der Waals surface area contributed by atoms with E-state index in [2.05, 4.69) is 15.0 Å². The second-order valence-corrected chi connectivity index (χ2v) is 8.22. The first-order valence-electron chi connectivity index (χ1n) is 11.0. The minimum atomic E-state index is -4.42. The molecule has 2 aromatic carbocycles. The van der Waals surface area contributed by atoms with Gasteiger partial charge in [0.05, 0.1) is 22.7 Å². The van der Waals surface area contributed by atoms with Gasteiger partial charge in [0.1, 0.15) is 0 Å². The SMILES string of the molecule is O=C(c1ccc(-c2cccc(C(F)(F)F)c2)cc1)N1CCN(c2nc3cnccc3c(=O)[nH]2)CC1. The van der Waals surface area contributed by atoms with Crippen LogP contribution < -0.4 is 10.5 Å². The number of nitrogens with one attached hydrogen (secondary N) is 1. The van der Waals surface area contributed by atoms with E-state index in [-0.39, 0.29) is 11.5 Å². The van der Waals surface area contributed by atoms with Crippen LogP contribution in [0.15, 0.2) is 71.8 Å². The minimum absolute atomic E-state index is 0.163. The molecule has 10 heteroatoms. The molecule has 0 aliphatic carbocycles. The lowest BCUT2D eigenvalue weighted by atomic mass is 10.0. The molecule has 0 radical (unpaired) electrons. The zero-order chi connectivity index (χ0) is 24.6. The number of alkyl halides is 3. The van der Waals surface area contributed by atoms with E-state index in [1.165, 1.54) is 18.5 Å². The Morgan fingerprint density at radius 2 is 1.69 bits per heavy atom. The number of halogens is 3. The molecule has 1 fully saturated rings. The van der Waals surface area contributed by atoms with Crippen LogP contribution in [0.5, 0.6) is 0 Å². The van der Waals surface area contributed by atoms with Crippen molar-refractivity contribution in [2.75, 3.05) is 31.1 Å². The zero-order valence-corrected chi connectivity index (χ0v) is 18.4. The van der Waals surface area contributed by atoms with E-state index in [1.54, 1.807) is 41.3 Å². The molecule has 7 nitrogen and oxygen atoms in total. The quantitative estimate of drug-likeness (QED) is 0.481. The molecule has 178 valence electrons. The van der Waals surface area contributed by atoms with E-state index in [9.17, 15) is 22.8 Å². The lowest BCUT2D eigenvalue weighted by Crippen LogP contribution is -2.49. The lowest BCUT2D eigenvalue weighted by molar-refractivity contribution is -0.137. The molecule has 5 rings (SSSR count).